The molecule has 0 spiro atoms. The lowest BCUT2D eigenvalue weighted by atomic mass is 10.1. The fourth-order valence-corrected chi connectivity index (χ4v) is 1.47. The number of para-hydroxylation sites is 1. The Morgan fingerprint density at radius 1 is 1.41 bits per heavy atom. The number of rotatable bonds is 7. The van der Waals surface area contributed by atoms with E-state index in [1.165, 1.54) is 6.07 Å². The first-order valence-electron chi connectivity index (χ1n) is 5.47. The minimum absolute atomic E-state index is 0.00254. The van der Waals surface area contributed by atoms with E-state index >= 15 is 0 Å². The van der Waals surface area contributed by atoms with Crippen LogP contribution in [0.25, 0.3) is 0 Å². The summed E-state index contributed by atoms with van der Waals surface area (Å²) in [7, 11) is 0. The summed E-state index contributed by atoms with van der Waals surface area (Å²) in [5.41, 5.74) is 0.455. The van der Waals surface area contributed by atoms with Crippen LogP contribution in [-0.4, -0.2) is 23.9 Å². The molecule has 0 saturated heterocycles. The van der Waals surface area contributed by atoms with Gasteiger partial charge in [-0.25, -0.2) is 0 Å². The van der Waals surface area contributed by atoms with Crippen LogP contribution in [0.15, 0.2) is 24.3 Å². The van der Waals surface area contributed by atoms with Gasteiger partial charge in [-0.05, 0) is 6.92 Å². The van der Waals surface area contributed by atoms with Crippen LogP contribution in [0.1, 0.15) is 18.9 Å². The Labute approximate surface area is 99.5 Å². The topological polar surface area (TPSA) is 69.4 Å². The minimum Gasteiger partial charge on any atom is -0.381 e. The van der Waals surface area contributed by atoms with Crippen molar-refractivity contribution in [1.82, 2.24) is 0 Å². The van der Waals surface area contributed by atoms with Gasteiger partial charge in [-0.2, -0.15) is 0 Å². The predicted molar refractivity (Wildman–Crippen MR) is 62.9 cm³/mol. The number of carbonyl (C=O) groups excluding carboxylic acids is 1. The molecule has 0 saturated carbocycles. The molecule has 0 amide bonds. The first-order chi connectivity index (χ1) is 8.15. The molecule has 0 aliphatic heterocycles. The van der Waals surface area contributed by atoms with Gasteiger partial charge in [0, 0.05) is 31.1 Å². The van der Waals surface area contributed by atoms with Gasteiger partial charge >= 0.3 is 0 Å². The molecule has 0 aromatic heterocycles. The van der Waals surface area contributed by atoms with E-state index in [9.17, 15) is 14.9 Å². The summed E-state index contributed by atoms with van der Waals surface area (Å²) in [5, 5.41) is 10.7. The van der Waals surface area contributed by atoms with Crippen molar-refractivity contribution in [3.8, 4) is 0 Å². The molecule has 0 heterocycles. The first-order valence-corrected chi connectivity index (χ1v) is 5.47. The molecule has 0 aliphatic rings. The Balaban J connectivity index is 2.61. The number of hydrogen-bond acceptors (Lipinski definition) is 4. The summed E-state index contributed by atoms with van der Waals surface area (Å²) in [4.78, 5) is 21.8. The van der Waals surface area contributed by atoms with E-state index < -0.39 is 4.92 Å². The SMILES string of the molecule is CCOCCC(=O)Cc1ccccc1[N+](=O)[O-]. The zero-order valence-corrected chi connectivity index (χ0v) is 9.72. The standard InChI is InChI=1S/C12H15NO4/c1-2-17-8-7-11(14)9-10-5-3-4-6-12(10)13(15)16/h3-6H,2,7-9H2,1H3. The van der Waals surface area contributed by atoms with Crippen molar-refractivity contribution in [3.05, 3.63) is 39.9 Å². The van der Waals surface area contributed by atoms with Gasteiger partial charge in [0.2, 0.25) is 0 Å². The second-order valence-corrected chi connectivity index (χ2v) is 3.55. The van der Waals surface area contributed by atoms with Gasteiger partial charge in [0.25, 0.3) is 5.69 Å². The van der Waals surface area contributed by atoms with Crippen LogP contribution in [-0.2, 0) is 16.0 Å². The van der Waals surface area contributed by atoms with Gasteiger partial charge in [0.05, 0.1) is 11.5 Å². The van der Waals surface area contributed by atoms with Crippen molar-refractivity contribution in [3.63, 3.8) is 0 Å². The molecule has 0 fully saturated rings. The molecule has 0 radical (unpaired) electrons. The molecule has 0 aliphatic carbocycles. The average Bonchev–Trinajstić information content (AvgIpc) is 2.29. The molecule has 1 rings (SSSR count). The summed E-state index contributed by atoms with van der Waals surface area (Å²) in [6, 6.07) is 6.30. The number of Topliss-reactive ketones (excluding diaryl/α,β-unsaturated/α-hetero) is 1. The number of nitro benzene ring substituents is 1. The van der Waals surface area contributed by atoms with Crippen molar-refractivity contribution in [2.24, 2.45) is 0 Å². The van der Waals surface area contributed by atoms with E-state index in [0.29, 0.717) is 25.2 Å². The van der Waals surface area contributed by atoms with E-state index in [4.69, 9.17) is 4.74 Å². The molecule has 92 valence electrons. The van der Waals surface area contributed by atoms with Crippen LogP contribution >= 0.6 is 0 Å². The van der Waals surface area contributed by atoms with Crippen molar-refractivity contribution >= 4 is 11.5 Å². The molecular weight excluding hydrogens is 222 g/mol. The maximum Gasteiger partial charge on any atom is 0.273 e. The zero-order chi connectivity index (χ0) is 12.7. The lowest BCUT2D eigenvalue weighted by Gasteiger charge is -2.02. The lowest BCUT2D eigenvalue weighted by Crippen LogP contribution is -2.08. The summed E-state index contributed by atoms with van der Waals surface area (Å²) < 4.78 is 5.06. The molecule has 1 aromatic carbocycles. The third-order valence-electron chi connectivity index (χ3n) is 2.31. The molecule has 0 unspecified atom stereocenters. The number of ether oxygens (including phenoxy) is 1. The van der Waals surface area contributed by atoms with Crippen molar-refractivity contribution in [1.29, 1.82) is 0 Å². The van der Waals surface area contributed by atoms with Crippen LogP contribution < -0.4 is 0 Å². The highest BCUT2D eigenvalue weighted by molar-refractivity contribution is 5.82. The normalized spacial score (nSPS) is 10.2. The molecule has 1 aromatic rings. The van der Waals surface area contributed by atoms with Crippen LogP contribution in [0.3, 0.4) is 0 Å². The Morgan fingerprint density at radius 3 is 2.76 bits per heavy atom. The first kappa shape index (κ1) is 13.3. The average molecular weight is 237 g/mol. The maximum absolute atomic E-state index is 11.6. The largest absolute Gasteiger partial charge is 0.381 e. The Hall–Kier alpha value is -1.75. The van der Waals surface area contributed by atoms with Crippen LogP contribution in [0.2, 0.25) is 0 Å². The third kappa shape index (κ3) is 4.32. The molecular formula is C12H15NO4. The summed E-state index contributed by atoms with van der Waals surface area (Å²) in [5.74, 6) is -0.0484. The van der Waals surface area contributed by atoms with Gasteiger partial charge in [-0.3, -0.25) is 14.9 Å². The van der Waals surface area contributed by atoms with E-state index in [-0.39, 0.29) is 17.9 Å². The summed E-state index contributed by atoms with van der Waals surface area (Å²) in [6.07, 6.45) is 0.379. The number of hydrogen-bond donors (Lipinski definition) is 0. The predicted octanol–water partition coefficient (Wildman–Crippen LogP) is 2.13. The molecule has 17 heavy (non-hydrogen) atoms. The van der Waals surface area contributed by atoms with E-state index in [0.717, 1.165) is 0 Å². The molecule has 0 N–H and O–H groups in total. The third-order valence-corrected chi connectivity index (χ3v) is 2.31. The lowest BCUT2D eigenvalue weighted by molar-refractivity contribution is -0.385. The van der Waals surface area contributed by atoms with E-state index in [1.807, 2.05) is 6.92 Å². The number of benzene rings is 1. The van der Waals surface area contributed by atoms with Gasteiger partial charge in [0.1, 0.15) is 5.78 Å². The van der Waals surface area contributed by atoms with Crippen LogP contribution in [0.5, 0.6) is 0 Å². The highest BCUT2D eigenvalue weighted by Crippen LogP contribution is 2.18. The van der Waals surface area contributed by atoms with Crippen LogP contribution in [0.4, 0.5) is 5.69 Å². The molecule has 5 nitrogen and oxygen atoms in total. The summed E-state index contributed by atoms with van der Waals surface area (Å²) >= 11 is 0. The van der Waals surface area contributed by atoms with Crippen LogP contribution in [0, 0.1) is 10.1 Å². The van der Waals surface area contributed by atoms with E-state index in [2.05, 4.69) is 0 Å². The van der Waals surface area contributed by atoms with E-state index in [1.54, 1.807) is 18.2 Å². The fourth-order valence-electron chi connectivity index (χ4n) is 1.47. The fraction of sp³-hybridized carbons (Fsp3) is 0.417. The second kappa shape index (κ2) is 6.75. The summed E-state index contributed by atoms with van der Waals surface area (Å²) in [6.45, 7) is 2.79. The maximum atomic E-state index is 11.6. The number of carbonyl (C=O) groups is 1. The highest BCUT2D eigenvalue weighted by Gasteiger charge is 2.14. The Morgan fingerprint density at radius 2 is 2.12 bits per heavy atom. The number of ketones is 1. The molecule has 0 bridgehead atoms. The van der Waals surface area contributed by atoms with Gasteiger partial charge in [-0.1, -0.05) is 18.2 Å². The number of nitrogens with zero attached hydrogens (tertiary/aromatic N) is 1. The Bertz CT molecular complexity index is 403. The monoisotopic (exact) mass is 237 g/mol. The Kier molecular flexibility index (Phi) is 5.29. The van der Waals surface area contributed by atoms with Gasteiger partial charge in [0.15, 0.2) is 0 Å². The number of nitro groups is 1. The van der Waals surface area contributed by atoms with Crippen molar-refractivity contribution < 1.29 is 14.5 Å². The smallest absolute Gasteiger partial charge is 0.273 e. The molecule has 0 atom stereocenters. The highest BCUT2D eigenvalue weighted by atomic mass is 16.6. The van der Waals surface area contributed by atoms with Gasteiger partial charge in [-0.15, -0.1) is 0 Å². The molecule has 5 heteroatoms. The van der Waals surface area contributed by atoms with Gasteiger partial charge < -0.3 is 4.74 Å². The quantitative estimate of drug-likeness (QED) is 0.414. The van der Waals surface area contributed by atoms with Crippen molar-refractivity contribution in [2.45, 2.75) is 19.8 Å². The zero-order valence-electron chi connectivity index (χ0n) is 9.72. The minimum atomic E-state index is -0.467. The van der Waals surface area contributed by atoms with Crippen molar-refractivity contribution in [2.75, 3.05) is 13.2 Å². The second-order valence-electron chi connectivity index (χ2n) is 3.55.